The fourth-order valence-electron chi connectivity index (χ4n) is 3.12. The van der Waals surface area contributed by atoms with Crippen molar-refractivity contribution >= 4 is 5.91 Å². The van der Waals surface area contributed by atoms with Crippen LogP contribution >= 0.6 is 0 Å². The van der Waals surface area contributed by atoms with Crippen molar-refractivity contribution in [3.05, 3.63) is 40.7 Å². The summed E-state index contributed by atoms with van der Waals surface area (Å²) in [6.45, 7) is 4.29. The van der Waals surface area contributed by atoms with Gasteiger partial charge in [-0.2, -0.15) is 5.10 Å². The number of fused-ring (bicyclic) bond motifs is 1. The van der Waals surface area contributed by atoms with Gasteiger partial charge >= 0.3 is 0 Å². The van der Waals surface area contributed by atoms with Gasteiger partial charge in [-0.15, -0.1) is 0 Å². The molecular weight excluding hydrogens is 322 g/mol. The summed E-state index contributed by atoms with van der Waals surface area (Å²) in [6.07, 6.45) is 0.646. The molecule has 0 bridgehead atoms. The van der Waals surface area contributed by atoms with Gasteiger partial charge in [-0.1, -0.05) is 0 Å². The number of benzene rings is 1. The monoisotopic (exact) mass is 345 g/mol. The van der Waals surface area contributed by atoms with Crippen LogP contribution in [0.25, 0.3) is 0 Å². The summed E-state index contributed by atoms with van der Waals surface area (Å²) < 4.78 is 16.3. The van der Waals surface area contributed by atoms with Crippen LogP contribution in [0.15, 0.2) is 18.2 Å². The van der Waals surface area contributed by atoms with Crippen molar-refractivity contribution in [3.8, 4) is 11.5 Å². The quantitative estimate of drug-likeness (QED) is 0.869. The highest BCUT2D eigenvalue weighted by Crippen LogP contribution is 2.30. The van der Waals surface area contributed by atoms with E-state index in [1.807, 2.05) is 26.0 Å². The van der Waals surface area contributed by atoms with E-state index in [9.17, 15) is 4.79 Å². The SMILES string of the molecule is COc1ccc(CNC(=O)c2n[nH]c3c2C[C@H](C)O[C@@H]3C)c(OC)c1. The van der Waals surface area contributed by atoms with Crippen LogP contribution in [0.4, 0.5) is 0 Å². The number of ether oxygens (including phenoxy) is 3. The second kappa shape index (κ2) is 7.14. The van der Waals surface area contributed by atoms with Crippen LogP contribution in [0.5, 0.6) is 11.5 Å². The van der Waals surface area contributed by atoms with Gasteiger partial charge in [-0.25, -0.2) is 0 Å². The van der Waals surface area contributed by atoms with Gasteiger partial charge < -0.3 is 19.5 Å². The highest BCUT2D eigenvalue weighted by molar-refractivity contribution is 5.94. The number of carbonyl (C=O) groups excluding carboxylic acids is 1. The molecule has 2 atom stereocenters. The smallest absolute Gasteiger partial charge is 0.272 e. The van der Waals surface area contributed by atoms with Gasteiger partial charge in [0.1, 0.15) is 11.5 Å². The predicted molar refractivity (Wildman–Crippen MR) is 92.0 cm³/mol. The summed E-state index contributed by atoms with van der Waals surface area (Å²) in [5.74, 6) is 1.16. The fraction of sp³-hybridized carbons (Fsp3) is 0.444. The molecule has 1 aromatic carbocycles. The van der Waals surface area contributed by atoms with Gasteiger partial charge in [0.05, 0.1) is 32.1 Å². The minimum absolute atomic E-state index is 0.0633. The molecule has 1 amide bonds. The molecule has 1 aromatic heterocycles. The van der Waals surface area contributed by atoms with Gasteiger partial charge in [0.25, 0.3) is 5.91 Å². The molecule has 1 aliphatic heterocycles. The Morgan fingerprint density at radius 2 is 2.16 bits per heavy atom. The van der Waals surface area contributed by atoms with Crippen LogP contribution < -0.4 is 14.8 Å². The zero-order valence-corrected chi connectivity index (χ0v) is 14.9. The van der Waals surface area contributed by atoms with Gasteiger partial charge in [0, 0.05) is 30.2 Å². The Labute approximate surface area is 146 Å². The number of nitrogens with one attached hydrogen (secondary N) is 2. The number of hydrogen-bond donors (Lipinski definition) is 2. The topological polar surface area (TPSA) is 85.5 Å². The van der Waals surface area contributed by atoms with Gasteiger partial charge in [-0.05, 0) is 26.0 Å². The third kappa shape index (κ3) is 3.46. The second-order valence-electron chi connectivity index (χ2n) is 6.12. The maximum atomic E-state index is 12.6. The van der Waals surface area contributed by atoms with E-state index in [2.05, 4.69) is 15.5 Å². The second-order valence-corrected chi connectivity index (χ2v) is 6.12. The van der Waals surface area contributed by atoms with Crippen molar-refractivity contribution < 1.29 is 19.0 Å². The van der Waals surface area contributed by atoms with E-state index >= 15 is 0 Å². The fourth-order valence-corrected chi connectivity index (χ4v) is 3.12. The highest BCUT2D eigenvalue weighted by atomic mass is 16.5. The van der Waals surface area contributed by atoms with Crippen molar-refractivity contribution in [2.24, 2.45) is 0 Å². The number of H-pyrrole nitrogens is 1. The molecule has 2 N–H and O–H groups in total. The maximum absolute atomic E-state index is 12.6. The molecule has 0 saturated carbocycles. The Bertz CT molecular complexity index is 772. The van der Waals surface area contributed by atoms with Gasteiger partial charge in [0.2, 0.25) is 0 Å². The van der Waals surface area contributed by atoms with Crippen LogP contribution in [0.2, 0.25) is 0 Å². The molecular formula is C18H23N3O4. The molecule has 134 valence electrons. The number of methoxy groups -OCH3 is 2. The van der Waals surface area contributed by atoms with E-state index < -0.39 is 0 Å². The molecule has 0 saturated heterocycles. The van der Waals surface area contributed by atoms with Crippen LogP contribution in [0.3, 0.4) is 0 Å². The lowest BCUT2D eigenvalue weighted by molar-refractivity contribution is -0.00697. The Morgan fingerprint density at radius 1 is 1.36 bits per heavy atom. The minimum atomic E-state index is -0.211. The average Bonchev–Trinajstić information content (AvgIpc) is 3.03. The molecule has 1 aliphatic rings. The number of amides is 1. The molecule has 7 nitrogen and oxygen atoms in total. The summed E-state index contributed by atoms with van der Waals surface area (Å²) in [6, 6.07) is 5.50. The molecule has 0 aliphatic carbocycles. The van der Waals surface area contributed by atoms with Crippen molar-refractivity contribution in [2.75, 3.05) is 14.2 Å². The first kappa shape index (κ1) is 17.3. The lowest BCUT2D eigenvalue weighted by atomic mass is 9.99. The zero-order valence-electron chi connectivity index (χ0n) is 14.9. The first-order valence-corrected chi connectivity index (χ1v) is 8.25. The summed E-state index contributed by atoms with van der Waals surface area (Å²) in [5.41, 5.74) is 3.12. The summed E-state index contributed by atoms with van der Waals surface area (Å²) in [7, 11) is 3.19. The Hall–Kier alpha value is -2.54. The number of nitrogens with zero attached hydrogens (tertiary/aromatic N) is 1. The lowest BCUT2D eigenvalue weighted by Gasteiger charge is -2.25. The molecule has 7 heteroatoms. The van der Waals surface area contributed by atoms with Crippen LogP contribution in [-0.4, -0.2) is 36.4 Å². The Balaban J connectivity index is 1.74. The molecule has 0 fully saturated rings. The maximum Gasteiger partial charge on any atom is 0.272 e. The minimum Gasteiger partial charge on any atom is -0.497 e. The standard InChI is InChI=1S/C18H23N3O4/c1-10-7-14-16(11(2)25-10)20-21-17(14)18(22)19-9-12-5-6-13(23-3)8-15(12)24-4/h5-6,8,10-11H,7,9H2,1-4H3,(H,19,22)(H,20,21)/t10-,11+/m0/s1. The third-order valence-electron chi connectivity index (χ3n) is 4.38. The zero-order chi connectivity index (χ0) is 18.0. The average molecular weight is 345 g/mol. The van der Waals surface area contributed by atoms with Crippen LogP contribution in [-0.2, 0) is 17.7 Å². The first-order valence-electron chi connectivity index (χ1n) is 8.25. The normalized spacial score (nSPS) is 19.2. The first-order chi connectivity index (χ1) is 12.0. The largest absolute Gasteiger partial charge is 0.497 e. The number of carbonyl (C=O) groups is 1. The van der Waals surface area contributed by atoms with E-state index in [4.69, 9.17) is 14.2 Å². The van der Waals surface area contributed by atoms with Crippen molar-refractivity contribution in [2.45, 2.75) is 39.0 Å². The summed E-state index contributed by atoms with van der Waals surface area (Å²) in [4.78, 5) is 12.6. The number of aromatic amines is 1. The van der Waals surface area contributed by atoms with E-state index in [0.717, 1.165) is 16.8 Å². The van der Waals surface area contributed by atoms with E-state index in [1.54, 1.807) is 20.3 Å². The van der Waals surface area contributed by atoms with Gasteiger partial charge in [0.15, 0.2) is 5.69 Å². The Kier molecular flexibility index (Phi) is 4.94. The van der Waals surface area contributed by atoms with Gasteiger partial charge in [-0.3, -0.25) is 9.89 Å². The third-order valence-corrected chi connectivity index (χ3v) is 4.38. The van der Waals surface area contributed by atoms with Crippen molar-refractivity contribution in [1.29, 1.82) is 0 Å². The number of aromatic nitrogens is 2. The van der Waals surface area contributed by atoms with E-state index in [-0.39, 0.29) is 18.1 Å². The van der Waals surface area contributed by atoms with Crippen LogP contribution in [0.1, 0.15) is 47.3 Å². The molecule has 0 spiro atoms. The molecule has 2 aromatic rings. The predicted octanol–water partition coefficient (Wildman–Crippen LogP) is 2.38. The number of rotatable bonds is 5. The van der Waals surface area contributed by atoms with Crippen molar-refractivity contribution in [1.82, 2.24) is 15.5 Å². The highest BCUT2D eigenvalue weighted by Gasteiger charge is 2.29. The number of hydrogen-bond acceptors (Lipinski definition) is 5. The van der Waals surface area contributed by atoms with Crippen molar-refractivity contribution in [3.63, 3.8) is 0 Å². The van der Waals surface area contributed by atoms with Crippen LogP contribution in [0, 0.1) is 0 Å². The van der Waals surface area contributed by atoms with E-state index in [1.165, 1.54) is 0 Å². The molecule has 0 unspecified atom stereocenters. The Morgan fingerprint density at radius 3 is 2.88 bits per heavy atom. The molecule has 25 heavy (non-hydrogen) atoms. The van der Waals surface area contributed by atoms with E-state index in [0.29, 0.717) is 30.2 Å². The summed E-state index contributed by atoms with van der Waals surface area (Å²) in [5, 5.41) is 10.0. The lowest BCUT2D eigenvalue weighted by Crippen LogP contribution is -2.27. The molecule has 0 radical (unpaired) electrons. The molecule has 3 rings (SSSR count). The molecule has 2 heterocycles. The summed E-state index contributed by atoms with van der Waals surface area (Å²) >= 11 is 0.